The molecule has 2 nitrogen and oxygen atoms in total. The van der Waals surface area contributed by atoms with Crippen LogP contribution in [0.2, 0.25) is 5.04 Å². The molecule has 0 N–H and O–H groups in total. The van der Waals surface area contributed by atoms with E-state index in [0.29, 0.717) is 0 Å². The van der Waals surface area contributed by atoms with E-state index in [9.17, 15) is 4.80 Å². The highest BCUT2D eigenvalue weighted by molar-refractivity contribution is 7.06. The molecule has 0 amide bonds. The first-order valence-electron chi connectivity index (χ1n) is 3.72. The first-order valence-corrected chi connectivity index (χ1v) is 8.61. The van der Waals surface area contributed by atoms with Gasteiger partial charge in [-0.1, -0.05) is 20.8 Å². The van der Waals surface area contributed by atoms with Crippen molar-refractivity contribution in [3.63, 3.8) is 0 Å². The van der Waals surface area contributed by atoms with E-state index >= 15 is 0 Å². The first-order chi connectivity index (χ1) is 4.48. The highest BCUT2D eigenvalue weighted by atomic mass is 29.2. The Bertz CT molecular complexity index is 90.2. The van der Waals surface area contributed by atoms with Crippen LogP contribution in [0.25, 0.3) is 0 Å². The summed E-state index contributed by atoms with van der Waals surface area (Å²) < 4.78 is 5.21. The Morgan fingerprint density at radius 1 is 1.50 bits per heavy atom. The molecule has 10 heavy (non-hydrogen) atoms. The summed E-state index contributed by atoms with van der Waals surface area (Å²) in [4.78, 5) is 11.4. The molecule has 0 spiro atoms. The zero-order valence-electron chi connectivity index (χ0n) is 7.31. The maximum atomic E-state index is 11.4. The van der Waals surface area contributed by atoms with Crippen molar-refractivity contribution in [3.8, 4) is 0 Å². The molecule has 0 fully saturated rings. The Kier molecular flexibility index (Phi) is 4.43. The number of hydrogen-bond acceptors (Lipinski definition) is 1. The van der Waals surface area contributed by atoms with Crippen LogP contribution in [0.15, 0.2) is 0 Å². The van der Waals surface area contributed by atoms with Crippen LogP contribution in [0.1, 0.15) is 27.7 Å². The van der Waals surface area contributed by atoms with E-state index in [2.05, 4.69) is 0 Å². The molecule has 0 bridgehead atoms. The van der Waals surface area contributed by atoms with E-state index in [1.165, 1.54) is 0 Å². The fourth-order valence-electron chi connectivity index (χ4n) is 0.475. The Labute approximate surface area is 67.1 Å². The Morgan fingerprint density at radius 3 is 2.30 bits per heavy atom. The van der Waals surface area contributed by atoms with Crippen LogP contribution in [0.3, 0.4) is 0 Å². The van der Waals surface area contributed by atoms with E-state index < -0.39 is 17.8 Å². The lowest BCUT2D eigenvalue weighted by Crippen LogP contribution is -2.33. The molecular weight excluding hydrogens is 160 g/mol. The topological polar surface area (TPSA) is 29.1 Å². The van der Waals surface area contributed by atoms with Crippen molar-refractivity contribution < 1.29 is 9.22 Å². The summed E-state index contributed by atoms with van der Waals surface area (Å²) in [5.74, 6) is 0. The van der Waals surface area contributed by atoms with Crippen LogP contribution >= 0.6 is 0 Å². The zero-order chi connectivity index (χ0) is 8.20. The molecule has 0 aliphatic heterocycles. The van der Waals surface area contributed by atoms with Crippen LogP contribution in [-0.2, 0) is 9.22 Å². The molecule has 61 valence electrons. The van der Waals surface area contributed by atoms with E-state index in [1.807, 2.05) is 27.7 Å². The summed E-state index contributed by atoms with van der Waals surface area (Å²) in [6, 6.07) is 0. The molecule has 1 atom stereocenters. The monoisotopic (exact) mass is 177 g/mol. The number of hydrogen-bond donors (Lipinski definition) is 0. The van der Waals surface area contributed by atoms with Crippen LogP contribution in [-0.4, -0.2) is 24.4 Å². The summed E-state index contributed by atoms with van der Waals surface area (Å²) in [6.07, 6.45) is 0. The Morgan fingerprint density at radius 2 is 2.00 bits per heavy atom. The van der Waals surface area contributed by atoms with Gasteiger partial charge in [-0.3, -0.25) is 0 Å². The van der Waals surface area contributed by atoms with Crippen molar-refractivity contribution in [3.05, 3.63) is 0 Å². The van der Waals surface area contributed by atoms with Gasteiger partial charge < -0.3 is 9.22 Å². The third-order valence-corrected chi connectivity index (χ3v) is 9.61. The SMILES string of the molecule is CCO[SiH2][SiH]([O])C(C)(C)C. The van der Waals surface area contributed by atoms with Gasteiger partial charge in [0.2, 0.25) is 8.56 Å². The fraction of sp³-hybridized carbons (Fsp3) is 1.00. The minimum absolute atomic E-state index is 0.0292. The predicted molar refractivity (Wildman–Crippen MR) is 47.7 cm³/mol. The third kappa shape index (κ3) is 4.21. The van der Waals surface area contributed by atoms with Gasteiger partial charge in [-0.15, -0.1) is 0 Å². The molecule has 0 saturated carbocycles. The van der Waals surface area contributed by atoms with Crippen LogP contribution in [0.5, 0.6) is 0 Å². The molecule has 0 saturated heterocycles. The van der Waals surface area contributed by atoms with E-state index in [1.54, 1.807) is 0 Å². The summed E-state index contributed by atoms with van der Waals surface area (Å²) in [5, 5.41) is 0.0292. The van der Waals surface area contributed by atoms with Crippen molar-refractivity contribution in [1.29, 1.82) is 0 Å². The third-order valence-electron chi connectivity index (χ3n) is 1.44. The molecular formula is C6H17O2Si2. The highest BCUT2D eigenvalue weighted by Crippen LogP contribution is 2.24. The normalized spacial score (nSPS) is 16.5. The predicted octanol–water partition coefficient (Wildman–Crippen LogP) is 0.558. The minimum atomic E-state index is -1.74. The largest absolute Gasteiger partial charge is 0.425 e. The quantitative estimate of drug-likeness (QED) is 0.579. The van der Waals surface area contributed by atoms with Crippen molar-refractivity contribution in [1.82, 2.24) is 0 Å². The van der Waals surface area contributed by atoms with Gasteiger partial charge in [0.05, 0.1) is 0 Å². The lowest BCUT2D eigenvalue weighted by Gasteiger charge is -2.20. The van der Waals surface area contributed by atoms with E-state index in [0.717, 1.165) is 6.61 Å². The standard InChI is InChI=1S/C6H17O2Si2/c1-5-8-9-10(7)6(2,3)4/h10H,5,9H2,1-4H3. The summed E-state index contributed by atoms with van der Waals surface area (Å²) in [6.45, 7) is 8.78. The van der Waals surface area contributed by atoms with Crippen LogP contribution < -0.4 is 0 Å². The van der Waals surface area contributed by atoms with Crippen molar-refractivity contribution in [2.24, 2.45) is 0 Å². The van der Waals surface area contributed by atoms with Crippen LogP contribution in [0, 0.1) is 0 Å². The fourth-order valence-corrected chi connectivity index (χ4v) is 4.27. The van der Waals surface area contributed by atoms with Gasteiger partial charge in [0.1, 0.15) is 0 Å². The van der Waals surface area contributed by atoms with Crippen molar-refractivity contribution in [2.45, 2.75) is 32.7 Å². The second-order valence-corrected chi connectivity index (χ2v) is 10.2. The van der Waals surface area contributed by atoms with Crippen LogP contribution in [0.4, 0.5) is 0 Å². The Hall–Kier alpha value is 0.354. The molecule has 0 aromatic heterocycles. The van der Waals surface area contributed by atoms with Crippen molar-refractivity contribution >= 4 is 17.8 Å². The highest BCUT2D eigenvalue weighted by Gasteiger charge is 2.27. The molecule has 0 heterocycles. The average molecular weight is 177 g/mol. The van der Waals surface area contributed by atoms with Gasteiger partial charge in [0.25, 0.3) is 0 Å². The molecule has 0 aromatic carbocycles. The Balaban J connectivity index is 3.52. The molecule has 0 aliphatic carbocycles. The molecule has 0 aromatic rings. The lowest BCUT2D eigenvalue weighted by atomic mass is 10.3. The maximum absolute atomic E-state index is 11.4. The summed E-state index contributed by atoms with van der Waals surface area (Å²) in [5.41, 5.74) is 0. The second kappa shape index (κ2) is 4.28. The molecule has 0 rings (SSSR count). The van der Waals surface area contributed by atoms with Gasteiger partial charge in [0.15, 0.2) is 9.28 Å². The average Bonchev–Trinajstić information content (AvgIpc) is 1.80. The summed E-state index contributed by atoms with van der Waals surface area (Å²) >= 11 is 0. The molecule has 1 unspecified atom stereocenters. The van der Waals surface area contributed by atoms with Crippen molar-refractivity contribution in [2.75, 3.05) is 6.61 Å². The van der Waals surface area contributed by atoms with E-state index in [4.69, 9.17) is 4.43 Å². The molecule has 4 heteroatoms. The van der Waals surface area contributed by atoms with Gasteiger partial charge in [-0.05, 0) is 12.0 Å². The maximum Gasteiger partial charge on any atom is 0.239 e. The van der Waals surface area contributed by atoms with Gasteiger partial charge in [-0.25, -0.2) is 0 Å². The van der Waals surface area contributed by atoms with E-state index in [-0.39, 0.29) is 5.04 Å². The summed E-state index contributed by atoms with van der Waals surface area (Å²) in [7, 11) is -2.43. The minimum Gasteiger partial charge on any atom is -0.425 e. The van der Waals surface area contributed by atoms with Gasteiger partial charge in [0, 0.05) is 6.61 Å². The van der Waals surface area contributed by atoms with Gasteiger partial charge >= 0.3 is 0 Å². The molecule has 1 radical (unpaired) electrons. The smallest absolute Gasteiger partial charge is 0.239 e. The number of rotatable bonds is 3. The lowest BCUT2D eigenvalue weighted by molar-refractivity contribution is 0.354. The second-order valence-electron chi connectivity index (χ2n) is 3.51. The molecule has 0 aliphatic rings. The zero-order valence-corrected chi connectivity index (χ0v) is 9.88. The van der Waals surface area contributed by atoms with Gasteiger partial charge in [-0.2, -0.15) is 0 Å². The first kappa shape index (κ1) is 10.4.